The van der Waals surface area contributed by atoms with Crippen LogP contribution < -0.4 is 0 Å². The predicted molar refractivity (Wildman–Crippen MR) is 195 cm³/mol. The van der Waals surface area contributed by atoms with Gasteiger partial charge in [0.25, 0.3) is 0 Å². The maximum atomic E-state index is 12.3. The lowest BCUT2D eigenvalue weighted by Gasteiger charge is -2.22. The molecule has 5 heteroatoms. The Morgan fingerprint density at radius 2 is 0.689 bits per heavy atom. The topological polar surface area (TPSA) is 49.9 Å². The number of carbonyl (C=O) groups excluding carboxylic acids is 2. The Morgan fingerprint density at radius 3 is 1.00 bits per heavy atom. The van der Waals surface area contributed by atoms with E-state index >= 15 is 0 Å². The smallest absolute Gasteiger partial charge is 0.149 e. The van der Waals surface area contributed by atoms with Gasteiger partial charge in [-0.3, -0.25) is 9.59 Å². The van der Waals surface area contributed by atoms with Crippen LogP contribution >= 0.6 is 0 Å². The van der Waals surface area contributed by atoms with E-state index < -0.39 is 0 Å². The van der Waals surface area contributed by atoms with E-state index in [2.05, 4.69) is 38.2 Å². The summed E-state index contributed by atoms with van der Waals surface area (Å²) in [5.41, 5.74) is 0. The van der Waals surface area contributed by atoms with Crippen LogP contribution in [0.1, 0.15) is 194 Å². The van der Waals surface area contributed by atoms with Crippen LogP contribution in [0.2, 0.25) is 0 Å². The van der Waals surface area contributed by atoms with Gasteiger partial charge in [-0.05, 0) is 64.2 Å². The molecule has 0 N–H and O–H groups in total. The molecule has 0 aromatic heterocycles. The molecular formula is C40H76N2O3. The molecule has 5 nitrogen and oxygen atoms in total. The molecule has 0 aromatic rings. The summed E-state index contributed by atoms with van der Waals surface area (Å²) in [6, 6.07) is 0. The highest BCUT2D eigenvalue weighted by Crippen LogP contribution is 2.12. The highest BCUT2D eigenvalue weighted by Gasteiger charge is 2.12. The molecule has 45 heavy (non-hydrogen) atoms. The van der Waals surface area contributed by atoms with Gasteiger partial charge in [-0.1, -0.05) is 141 Å². The van der Waals surface area contributed by atoms with Crippen LogP contribution in [-0.2, 0) is 14.5 Å². The van der Waals surface area contributed by atoms with E-state index in [0.717, 1.165) is 25.7 Å². The second-order valence-electron chi connectivity index (χ2n) is 13.4. The third-order valence-electron chi connectivity index (χ3n) is 8.51. The summed E-state index contributed by atoms with van der Waals surface area (Å²) in [4.78, 5) is 30.3. The molecule has 0 heterocycles. The first kappa shape index (κ1) is 43.7. The van der Waals surface area contributed by atoms with Crippen molar-refractivity contribution >= 4 is 11.6 Å². The molecule has 0 aliphatic heterocycles. The quantitative estimate of drug-likeness (QED) is 0.0391. The van der Waals surface area contributed by atoms with Crippen molar-refractivity contribution in [1.29, 1.82) is 0 Å². The predicted octanol–water partition coefficient (Wildman–Crippen LogP) is 11.9. The number of hydroxylamine groups is 4. The van der Waals surface area contributed by atoms with Crippen molar-refractivity contribution in [3.8, 4) is 0 Å². The fourth-order valence-corrected chi connectivity index (χ4v) is 5.74. The zero-order valence-electron chi connectivity index (χ0n) is 30.6. The van der Waals surface area contributed by atoms with Gasteiger partial charge >= 0.3 is 0 Å². The minimum atomic E-state index is 0.197. The van der Waals surface area contributed by atoms with Gasteiger partial charge in [0.2, 0.25) is 0 Å². The molecule has 0 aromatic carbocycles. The van der Waals surface area contributed by atoms with Crippen molar-refractivity contribution in [2.75, 3.05) is 27.2 Å². The van der Waals surface area contributed by atoms with E-state index in [4.69, 9.17) is 4.94 Å². The molecule has 0 rings (SSSR count). The number of allylic oxidation sites excluding steroid dienone is 4. The largest absolute Gasteiger partial charge is 0.298 e. The van der Waals surface area contributed by atoms with Crippen LogP contribution in [0, 0.1) is 0 Å². The molecule has 0 spiro atoms. The number of likely N-dealkylation sites (N-methyl/N-ethyl adjacent to an activating group) is 2. The summed E-state index contributed by atoms with van der Waals surface area (Å²) in [7, 11) is 3.53. The molecule has 0 saturated heterocycles. The summed E-state index contributed by atoms with van der Waals surface area (Å²) in [6.07, 6.45) is 43.4. The number of unbranched alkanes of at least 4 members (excludes halogenated alkanes) is 22. The van der Waals surface area contributed by atoms with Crippen LogP contribution in [0.4, 0.5) is 0 Å². The van der Waals surface area contributed by atoms with Gasteiger partial charge in [-0.25, -0.2) is 4.94 Å². The molecule has 0 amide bonds. The van der Waals surface area contributed by atoms with Gasteiger partial charge in [0.05, 0.1) is 13.1 Å². The number of rotatable bonds is 36. The number of hydrogen-bond acceptors (Lipinski definition) is 5. The van der Waals surface area contributed by atoms with Crippen molar-refractivity contribution in [2.24, 2.45) is 0 Å². The van der Waals surface area contributed by atoms with Gasteiger partial charge in [-0.2, -0.15) is 10.1 Å². The van der Waals surface area contributed by atoms with Gasteiger partial charge in [0, 0.05) is 26.9 Å². The fourth-order valence-electron chi connectivity index (χ4n) is 5.74. The average molecular weight is 633 g/mol. The van der Waals surface area contributed by atoms with Gasteiger partial charge in [0.1, 0.15) is 11.6 Å². The molecule has 264 valence electrons. The maximum absolute atomic E-state index is 12.3. The molecule has 0 aliphatic carbocycles. The van der Waals surface area contributed by atoms with Crippen molar-refractivity contribution in [2.45, 2.75) is 194 Å². The molecule has 0 bridgehead atoms. The second kappa shape index (κ2) is 35.6. The fraction of sp³-hybridized carbons (Fsp3) is 0.850. The molecule has 0 aliphatic rings. The number of Topliss-reactive ketones (excluding diaryl/α,β-unsaturated/α-hetero) is 2. The third kappa shape index (κ3) is 35.4. The molecule has 0 unspecified atom stereocenters. The normalized spacial score (nSPS) is 12.0. The Kier molecular flexibility index (Phi) is 34.5. The van der Waals surface area contributed by atoms with E-state index in [1.165, 1.54) is 141 Å². The first-order valence-electron chi connectivity index (χ1n) is 19.4. The van der Waals surface area contributed by atoms with E-state index in [1.54, 1.807) is 24.2 Å². The first-order valence-corrected chi connectivity index (χ1v) is 19.4. The Hall–Kier alpha value is -1.30. The highest BCUT2D eigenvalue weighted by molar-refractivity contribution is 5.80. The SMILES string of the molecule is CCCCCCCC/C=C\CCCCCCCC(=O)CN(C)ON(C)CC(=O)CCCCCCC/C=C\CCCCCCCC. The van der Waals surface area contributed by atoms with E-state index in [-0.39, 0.29) is 24.7 Å². The molecule has 0 atom stereocenters. The molecule has 0 fully saturated rings. The Morgan fingerprint density at radius 1 is 0.422 bits per heavy atom. The van der Waals surface area contributed by atoms with Crippen molar-refractivity contribution in [1.82, 2.24) is 10.1 Å². The minimum Gasteiger partial charge on any atom is -0.298 e. The van der Waals surface area contributed by atoms with Crippen LogP contribution in [0.25, 0.3) is 0 Å². The lowest BCUT2D eigenvalue weighted by molar-refractivity contribution is -0.298. The van der Waals surface area contributed by atoms with Gasteiger partial charge in [-0.15, -0.1) is 0 Å². The standard InChI is InChI=1S/C40H76N2O3/c1-5-7-9-11-13-15-17-19-21-23-25-27-29-31-33-35-39(43)37-41(3)45-42(4)38-40(44)36-34-32-30-28-26-24-22-20-18-16-14-12-10-8-6-2/h19-22H,5-18,23-38H2,1-4H3/b21-19-,22-20-. The van der Waals surface area contributed by atoms with E-state index in [0.29, 0.717) is 12.8 Å². The van der Waals surface area contributed by atoms with Crippen molar-refractivity contribution in [3.63, 3.8) is 0 Å². The summed E-state index contributed by atoms with van der Waals surface area (Å²) in [5.74, 6) is 0.395. The highest BCUT2D eigenvalue weighted by atomic mass is 16.8. The van der Waals surface area contributed by atoms with Gasteiger partial charge < -0.3 is 0 Å². The Labute approximate surface area is 280 Å². The third-order valence-corrected chi connectivity index (χ3v) is 8.51. The van der Waals surface area contributed by atoms with Crippen LogP contribution in [0.15, 0.2) is 24.3 Å². The van der Waals surface area contributed by atoms with E-state index in [9.17, 15) is 9.59 Å². The zero-order chi connectivity index (χ0) is 33.1. The lowest BCUT2D eigenvalue weighted by atomic mass is 10.1. The van der Waals surface area contributed by atoms with E-state index in [1.807, 2.05) is 0 Å². The number of hydrogen-bond donors (Lipinski definition) is 0. The maximum Gasteiger partial charge on any atom is 0.149 e. The second-order valence-corrected chi connectivity index (χ2v) is 13.4. The monoisotopic (exact) mass is 633 g/mol. The first-order chi connectivity index (χ1) is 22.0. The zero-order valence-corrected chi connectivity index (χ0v) is 30.6. The summed E-state index contributed by atoms with van der Waals surface area (Å²) in [5, 5.41) is 3.10. The van der Waals surface area contributed by atoms with Crippen LogP contribution in [-0.4, -0.2) is 48.9 Å². The minimum absolute atomic E-state index is 0.197. The Balaban J connectivity index is 3.58. The molecule has 0 radical (unpaired) electrons. The molecule has 0 saturated carbocycles. The summed E-state index contributed by atoms with van der Waals surface area (Å²) >= 11 is 0. The number of carbonyl (C=O) groups is 2. The Bertz CT molecular complexity index is 648. The van der Waals surface area contributed by atoms with Crippen LogP contribution in [0.3, 0.4) is 0 Å². The van der Waals surface area contributed by atoms with Crippen molar-refractivity contribution < 1.29 is 14.5 Å². The van der Waals surface area contributed by atoms with Crippen LogP contribution in [0.5, 0.6) is 0 Å². The average Bonchev–Trinajstić information content (AvgIpc) is 3.00. The number of nitrogens with zero attached hydrogens (tertiary/aromatic N) is 2. The lowest BCUT2D eigenvalue weighted by Crippen LogP contribution is -2.36. The summed E-state index contributed by atoms with van der Waals surface area (Å²) in [6.45, 7) is 5.06. The van der Waals surface area contributed by atoms with Crippen molar-refractivity contribution in [3.05, 3.63) is 24.3 Å². The summed E-state index contributed by atoms with van der Waals surface area (Å²) < 4.78 is 0. The number of ketones is 2. The molecular weight excluding hydrogens is 556 g/mol. The van der Waals surface area contributed by atoms with Gasteiger partial charge in [0.15, 0.2) is 0 Å².